The highest BCUT2D eigenvalue weighted by Gasteiger charge is 2.16. The van der Waals surface area contributed by atoms with Gasteiger partial charge in [-0.05, 0) is 32.7 Å². The SMILES string of the molecule is CN[C@H]1CC[C@@H](S)CC1. The smallest absolute Gasteiger partial charge is 0.00648 e. The average molecular weight is 145 g/mol. The van der Waals surface area contributed by atoms with Gasteiger partial charge in [0.25, 0.3) is 0 Å². The molecule has 1 saturated carbocycles. The Bertz CT molecular complexity index is 77.0. The predicted octanol–water partition coefficient (Wildman–Crippen LogP) is 1.45. The van der Waals surface area contributed by atoms with E-state index in [2.05, 4.69) is 17.9 Å². The van der Waals surface area contributed by atoms with Crippen LogP contribution in [0, 0.1) is 0 Å². The van der Waals surface area contributed by atoms with Crippen molar-refractivity contribution in [3.63, 3.8) is 0 Å². The maximum atomic E-state index is 4.41. The summed E-state index contributed by atoms with van der Waals surface area (Å²) >= 11 is 4.41. The molecule has 0 aromatic carbocycles. The lowest BCUT2D eigenvalue weighted by Gasteiger charge is -2.24. The molecule has 1 N–H and O–H groups in total. The molecule has 1 aliphatic rings. The van der Waals surface area contributed by atoms with Crippen LogP contribution in [-0.4, -0.2) is 18.3 Å². The summed E-state index contributed by atoms with van der Waals surface area (Å²) in [7, 11) is 2.05. The first-order valence-electron chi connectivity index (χ1n) is 3.68. The Hall–Kier alpha value is 0.310. The minimum Gasteiger partial charge on any atom is -0.317 e. The van der Waals surface area contributed by atoms with Crippen LogP contribution in [-0.2, 0) is 0 Å². The van der Waals surface area contributed by atoms with Crippen molar-refractivity contribution < 1.29 is 0 Å². The van der Waals surface area contributed by atoms with Crippen LogP contribution in [0.15, 0.2) is 0 Å². The van der Waals surface area contributed by atoms with Gasteiger partial charge in [0, 0.05) is 11.3 Å². The van der Waals surface area contributed by atoms with E-state index in [0.717, 1.165) is 6.04 Å². The van der Waals surface area contributed by atoms with E-state index in [1.165, 1.54) is 25.7 Å². The molecule has 1 nitrogen and oxygen atoms in total. The van der Waals surface area contributed by atoms with Crippen LogP contribution in [0.3, 0.4) is 0 Å². The Balaban J connectivity index is 2.18. The first kappa shape index (κ1) is 7.42. The second kappa shape index (κ2) is 3.47. The normalized spacial score (nSPS) is 36.7. The van der Waals surface area contributed by atoms with Crippen molar-refractivity contribution in [2.24, 2.45) is 0 Å². The Labute approximate surface area is 62.6 Å². The van der Waals surface area contributed by atoms with Gasteiger partial charge in [0.05, 0.1) is 0 Å². The van der Waals surface area contributed by atoms with E-state index in [4.69, 9.17) is 0 Å². The summed E-state index contributed by atoms with van der Waals surface area (Å²) < 4.78 is 0. The first-order valence-corrected chi connectivity index (χ1v) is 4.20. The standard InChI is InChI=1S/C7H15NS/c1-8-6-2-4-7(9)5-3-6/h6-9H,2-5H2,1H3/t6-,7+. The van der Waals surface area contributed by atoms with Gasteiger partial charge < -0.3 is 5.32 Å². The van der Waals surface area contributed by atoms with Crippen molar-refractivity contribution in [1.82, 2.24) is 5.32 Å². The van der Waals surface area contributed by atoms with Gasteiger partial charge in [0.1, 0.15) is 0 Å². The minimum absolute atomic E-state index is 0.676. The average Bonchev–Trinajstić information content (AvgIpc) is 1.90. The third-order valence-corrected chi connectivity index (χ3v) is 2.62. The first-order chi connectivity index (χ1) is 4.33. The van der Waals surface area contributed by atoms with E-state index >= 15 is 0 Å². The fraction of sp³-hybridized carbons (Fsp3) is 1.00. The molecule has 1 aliphatic carbocycles. The summed E-state index contributed by atoms with van der Waals surface area (Å²) in [5.41, 5.74) is 0. The number of hydrogen-bond acceptors (Lipinski definition) is 2. The zero-order valence-corrected chi connectivity index (χ0v) is 6.82. The van der Waals surface area contributed by atoms with Crippen LogP contribution in [0.1, 0.15) is 25.7 Å². The summed E-state index contributed by atoms with van der Waals surface area (Å²) in [5, 5.41) is 3.97. The molecule has 0 heterocycles. The highest BCUT2D eigenvalue weighted by Crippen LogP contribution is 2.21. The lowest BCUT2D eigenvalue weighted by atomic mass is 9.95. The second-order valence-corrected chi connectivity index (χ2v) is 3.52. The molecule has 0 bridgehead atoms. The molecular formula is C7H15NS. The van der Waals surface area contributed by atoms with Crippen LogP contribution < -0.4 is 5.32 Å². The third-order valence-electron chi connectivity index (χ3n) is 2.10. The van der Waals surface area contributed by atoms with Crippen molar-refractivity contribution in [3.8, 4) is 0 Å². The quantitative estimate of drug-likeness (QED) is 0.532. The molecule has 9 heavy (non-hydrogen) atoms. The highest BCUT2D eigenvalue weighted by molar-refractivity contribution is 7.80. The van der Waals surface area contributed by atoms with E-state index in [9.17, 15) is 0 Å². The van der Waals surface area contributed by atoms with Gasteiger partial charge in [-0.25, -0.2) is 0 Å². The molecule has 0 atom stereocenters. The summed E-state index contributed by atoms with van der Waals surface area (Å²) in [6.45, 7) is 0. The van der Waals surface area contributed by atoms with Crippen LogP contribution in [0.25, 0.3) is 0 Å². The van der Waals surface area contributed by atoms with E-state index < -0.39 is 0 Å². The van der Waals surface area contributed by atoms with Gasteiger partial charge in [0.2, 0.25) is 0 Å². The zero-order chi connectivity index (χ0) is 6.69. The Morgan fingerprint density at radius 1 is 1.22 bits per heavy atom. The van der Waals surface area contributed by atoms with Crippen LogP contribution >= 0.6 is 12.6 Å². The Morgan fingerprint density at radius 3 is 2.22 bits per heavy atom. The maximum absolute atomic E-state index is 4.41. The minimum atomic E-state index is 0.676. The van der Waals surface area contributed by atoms with Gasteiger partial charge in [-0.2, -0.15) is 12.6 Å². The van der Waals surface area contributed by atoms with E-state index in [1.807, 2.05) is 7.05 Å². The Kier molecular flexibility index (Phi) is 2.86. The van der Waals surface area contributed by atoms with Crippen molar-refractivity contribution in [1.29, 1.82) is 0 Å². The molecule has 1 rings (SSSR count). The van der Waals surface area contributed by atoms with Crippen molar-refractivity contribution >= 4 is 12.6 Å². The van der Waals surface area contributed by atoms with Gasteiger partial charge in [-0.1, -0.05) is 0 Å². The molecule has 0 unspecified atom stereocenters. The summed E-state index contributed by atoms with van der Waals surface area (Å²) in [4.78, 5) is 0. The number of nitrogens with one attached hydrogen (secondary N) is 1. The van der Waals surface area contributed by atoms with Crippen LogP contribution in [0.5, 0.6) is 0 Å². The van der Waals surface area contributed by atoms with Crippen molar-refractivity contribution in [2.45, 2.75) is 37.0 Å². The molecule has 2 heteroatoms. The van der Waals surface area contributed by atoms with Gasteiger partial charge in [-0.3, -0.25) is 0 Å². The van der Waals surface area contributed by atoms with E-state index in [-0.39, 0.29) is 0 Å². The summed E-state index contributed by atoms with van der Waals surface area (Å²) in [6.07, 6.45) is 5.19. The topological polar surface area (TPSA) is 12.0 Å². The molecule has 0 aromatic heterocycles. The molecule has 0 amide bonds. The fourth-order valence-electron chi connectivity index (χ4n) is 1.36. The monoisotopic (exact) mass is 145 g/mol. The van der Waals surface area contributed by atoms with Crippen LogP contribution in [0.2, 0.25) is 0 Å². The maximum Gasteiger partial charge on any atom is 0.00648 e. The summed E-state index contributed by atoms with van der Waals surface area (Å²) in [5.74, 6) is 0. The predicted molar refractivity (Wildman–Crippen MR) is 44.1 cm³/mol. The molecule has 0 aromatic rings. The molecule has 1 fully saturated rings. The molecule has 0 aliphatic heterocycles. The zero-order valence-electron chi connectivity index (χ0n) is 5.93. The molecule has 0 radical (unpaired) electrons. The molecule has 54 valence electrons. The summed E-state index contributed by atoms with van der Waals surface area (Å²) in [6, 6.07) is 0.772. The van der Waals surface area contributed by atoms with Crippen molar-refractivity contribution in [2.75, 3.05) is 7.05 Å². The number of thiol groups is 1. The molecular weight excluding hydrogens is 130 g/mol. The van der Waals surface area contributed by atoms with E-state index in [0.29, 0.717) is 5.25 Å². The van der Waals surface area contributed by atoms with E-state index in [1.54, 1.807) is 0 Å². The number of hydrogen-bond donors (Lipinski definition) is 2. The highest BCUT2D eigenvalue weighted by atomic mass is 32.1. The van der Waals surface area contributed by atoms with Gasteiger partial charge >= 0.3 is 0 Å². The molecule has 0 spiro atoms. The van der Waals surface area contributed by atoms with Gasteiger partial charge in [-0.15, -0.1) is 0 Å². The largest absolute Gasteiger partial charge is 0.317 e. The van der Waals surface area contributed by atoms with Crippen molar-refractivity contribution in [3.05, 3.63) is 0 Å². The molecule has 0 saturated heterocycles. The Morgan fingerprint density at radius 2 is 1.78 bits per heavy atom. The number of rotatable bonds is 1. The second-order valence-electron chi connectivity index (χ2n) is 2.79. The third kappa shape index (κ3) is 2.18. The lowest BCUT2D eigenvalue weighted by molar-refractivity contribution is 0.403. The lowest BCUT2D eigenvalue weighted by Crippen LogP contribution is -2.30. The van der Waals surface area contributed by atoms with Gasteiger partial charge in [0.15, 0.2) is 0 Å². The fourth-order valence-corrected chi connectivity index (χ4v) is 1.66. The van der Waals surface area contributed by atoms with Crippen LogP contribution in [0.4, 0.5) is 0 Å².